The van der Waals surface area contributed by atoms with E-state index >= 15 is 0 Å². The van der Waals surface area contributed by atoms with Crippen LogP contribution in [0.3, 0.4) is 0 Å². The zero-order valence-corrected chi connectivity index (χ0v) is 19.4. The summed E-state index contributed by atoms with van der Waals surface area (Å²) in [4.78, 5) is 30.2. The molecular formula is C29H19N5O3. The highest BCUT2D eigenvalue weighted by Gasteiger charge is 2.34. The average Bonchev–Trinajstić information content (AvgIpc) is 3.31. The van der Waals surface area contributed by atoms with Crippen LogP contribution in [0.15, 0.2) is 108 Å². The average molecular weight is 486 g/mol. The van der Waals surface area contributed by atoms with Crippen LogP contribution in [0.5, 0.6) is 0 Å². The molecule has 2 aromatic heterocycles. The standard InChI is InChI=1S/C29H19N5O3/c35-28-25-26(21-10-4-6-12-23(21)32(28)19-8-2-1-3-9-19)31-29-30-22-11-5-7-13-24(22)33(29)27(25)18-14-16-20(17-15-18)34(36)37/h1-17,27H,(H,30,31). The van der Waals surface area contributed by atoms with Crippen LogP contribution >= 0.6 is 0 Å². The third-order valence-electron chi connectivity index (χ3n) is 6.92. The first-order chi connectivity index (χ1) is 18.1. The van der Waals surface area contributed by atoms with Crippen LogP contribution < -0.4 is 10.9 Å². The number of hydrogen-bond acceptors (Lipinski definition) is 5. The maximum absolute atomic E-state index is 14.4. The van der Waals surface area contributed by atoms with Crippen LogP contribution in [0.2, 0.25) is 0 Å². The predicted octanol–water partition coefficient (Wildman–Crippen LogP) is 5.94. The third-order valence-corrected chi connectivity index (χ3v) is 6.92. The number of nitro benzene ring substituents is 1. The molecule has 0 amide bonds. The van der Waals surface area contributed by atoms with E-state index in [0.29, 0.717) is 17.2 Å². The fraction of sp³-hybridized carbons (Fsp3) is 0.0345. The number of pyridine rings is 1. The summed E-state index contributed by atoms with van der Waals surface area (Å²) in [6.45, 7) is 0. The zero-order chi connectivity index (χ0) is 25.1. The number of rotatable bonds is 3. The topological polar surface area (TPSA) is 95.0 Å². The minimum atomic E-state index is -0.550. The van der Waals surface area contributed by atoms with Gasteiger partial charge in [0.25, 0.3) is 11.2 Å². The molecule has 0 radical (unpaired) electrons. The van der Waals surface area contributed by atoms with Crippen molar-refractivity contribution in [3.05, 3.63) is 135 Å². The molecule has 0 fully saturated rings. The summed E-state index contributed by atoms with van der Waals surface area (Å²) in [5.41, 5.74) is 5.01. The minimum Gasteiger partial charge on any atom is -0.324 e. The molecule has 7 rings (SSSR count). The second-order valence-electron chi connectivity index (χ2n) is 8.95. The van der Waals surface area contributed by atoms with Gasteiger partial charge >= 0.3 is 0 Å². The van der Waals surface area contributed by atoms with Crippen molar-refractivity contribution in [2.75, 3.05) is 5.32 Å². The van der Waals surface area contributed by atoms with Gasteiger partial charge in [0.05, 0.1) is 38.8 Å². The van der Waals surface area contributed by atoms with E-state index in [1.165, 1.54) is 12.1 Å². The van der Waals surface area contributed by atoms with E-state index in [2.05, 4.69) is 5.32 Å². The molecular weight excluding hydrogens is 466 g/mol. The van der Waals surface area contributed by atoms with Crippen LogP contribution in [0.25, 0.3) is 27.6 Å². The second kappa shape index (κ2) is 7.89. The second-order valence-corrected chi connectivity index (χ2v) is 8.95. The quantitative estimate of drug-likeness (QED) is 0.247. The van der Waals surface area contributed by atoms with Crippen LogP contribution in [-0.2, 0) is 0 Å². The van der Waals surface area contributed by atoms with E-state index in [0.717, 1.165) is 33.2 Å². The van der Waals surface area contributed by atoms with Crippen molar-refractivity contribution >= 4 is 39.3 Å². The van der Waals surface area contributed by atoms with Gasteiger partial charge in [0.2, 0.25) is 5.95 Å². The van der Waals surface area contributed by atoms with Crippen molar-refractivity contribution in [2.24, 2.45) is 0 Å². The van der Waals surface area contributed by atoms with Crippen molar-refractivity contribution in [3.63, 3.8) is 0 Å². The van der Waals surface area contributed by atoms with Crippen molar-refractivity contribution in [1.29, 1.82) is 0 Å². The van der Waals surface area contributed by atoms with E-state index in [4.69, 9.17) is 4.98 Å². The van der Waals surface area contributed by atoms with Gasteiger partial charge in [-0.15, -0.1) is 0 Å². The first kappa shape index (κ1) is 21.1. The predicted molar refractivity (Wildman–Crippen MR) is 143 cm³/mol. The fourth-order valence-corrected chi connectivity index (χ4v) is 5.31. The van der Waals surface area contributed by atoms with E-state index in [1.54, 1.807) is 16.7 Å². The number of fused-ring (bicyclic) bond motifs is 6. The van der Waals surface area contributed by atoms with Crippen LogP contribution in [0, 0.1) is 10.1 Å². The van der Waals surface area contributed by atoms with E-state index in [9.17, 15) is 14.9 Å². The molecule has 1 unspecified atom stereocenters. The van der Waals surface area contributed by atoms with Gasteiger partial charge in [-0.2, -0.15) is 0 Å². The third kappa shape index (κ3) is 3.09. The molecule has 8 nitrogen and oxygen atoms in total. The monoisotopic (exact) mass is 485 g/mol. The van der Waals surface area contributed by atoms with Gasteiger partial charge in [0, 0.05) is 23.2 Å². The highest BCUT2D eigenvalue weighted by molar-refractivity contribution is 5.97. The molecule has 4 aromatic carbocycles. The molecule has 0 saturated carbocycles. The molecule has 0 saturated heterocycles. The smallest absolute Gasteiger partial charge is 0.269 e. The van der Waals surface area contributed by atoms with Crippen LogP contribution in [0.1, 0.15) is 17.2 Å². The summed E-state index contributed by atoms with van der Waals surface area (Å²) in [5, 5.41) is 15.7. The largest absolute Gasteiger partial charge is 0.324 e. The Balaban J connectivity index is 1.61. The molecule has 8 heteroatoms. The Bertz CT molecular complexity index is 1910. The normalized spacial score (nSPS) is 14.2. The highest BCUT2D eigenvalue weighted by atomic mass is 16.6. The maximum atomic E-state index is 14.4. The van der Waals surface area contributed by atoms with Gasteiger partial charge in [-0.25, -0.2) is 4.98 Å². The number of anilines is 2. The van der Waals surface area contributed by atoms with Gasteiger partial charge in [-0.1, -0.05) is 48.5 Å². The lowest BCUT2D eigenvalue weighted by atomic mass is 9.93. The number of nitrogens with one attached hydrogen (secondary N) is 1. The SMILES string of the molecule is O=c1c2c(c3ccccc3n1-c1ccccc1)Nc1nc3ccccc3n1C2c1ccc([N+](=O)[O-])cc1. The van der Waals surface area contributed by atoms with Gasteiger partial charge in [0.15, 0.2) is 0 Å². The number of non-ortho nitro benzene ring substituents is 1. The lowest BCUT2D eigenvalue weighted by molar-refractivity contribution is -0.384. The van der Waals surface area contributed by atoms with Crippen LogP contribution in [0.4, 0.5) is 17.3 Å². The number of nitro groups is 1. The zero-order valence-electron chi connectivity index (χ0n) is 19.4. The summed E-state index contributed by atoms with van der Waals surface area (Å²) in [7, 11) is 0. The van der Waals surface area contributed by atoms with Crippen molar-refractivity contribution in [1.82, 2.24) is 14.1 Å². The molecule has 37 heavy (non-hydrogen) atoms. The minimum absolute atomic E-state index is 0.00571. The molecule has 1 aliphatic heterocycles. The van der Waals surface area contributed by atoms with Gasteiger partial charge in [0.1, 0.15) is 0 Å². The molecule has 1 aliphatic rings. The fourth-order valence-electron chi connectivity index (χ4n) is 5.31. The molecule has 1 N–H and O–H groups in total. The molecule has 1 atom stereocenters. The molecule has 0 spiro atoms. The molecule has 6 aromatic rings. The number of benzene rings is 4. The molecule has 178 valence electrons. The summed E-state index contributed by atoms with van der Waals surface area (Å²) >= 11 is 0. The number of aromatic nitrogens is 3. The van der Waals surface area contributed by atoms with Crippen molar-refractivity contribution in [3.8, 4) is 5.69 Å². The summed E-state index contributed by atoms with van der Waals surface area (Å²) in [5.74, 6) is 0.610. The lowest BCUT2D eigenvalue weighted by Gasteiger charge is -2.31. The Morgan fingerprint density at radius 3 is 2.24 bits per heavy atom. The van der Waals surface area contributed by atoms with Crippen molar-refractivity contribution in [2.45, 2.75) is 6.04 Å². The van der Waals surface area contributed by atoms with Gasteiger partial charge < -0.3 is 5.32 Å². The number of imidazole rings is 1. The van der Waals surface area contributed by atoms with Crippen LogP contribution in [-0.4, -0.2) is 19.0 Å². The number of para-hydroxylation sites is 4. The van der Waals surface area contributed by atoms with Crippen molar-refractivity contribution < 1.29 is 4.92 Å². The van der Waals surface area contributed by atoms with E-state index < -0.39 is 11.0 Å². The first-order valence-electron chi connectivity index (χ1n) is 11.8. The summed E-state index contributed by atoms with van der Waals surface area (Å²) < 4.78 is 3.74. The highest BCUT2D eigenvalue weighted by Crippen LogP contribution is 2.43. The number of nitrogens with zero attached hydrogens (tertiary/aromatic N) is 4. The van der Waals surface area contributed by atoms with Gasteiger partial charge in [-0.3, -0.25) is 24.0 Å². The molecule has 3 heterocycles. The molecule has 0 bridgehead atoms. The van der Waals surface area contributed by atoms with E-state index in [1.807, 2.05) is 83.4 Å². The summed E-state index contributed by atoms with van der Waals surface area (Å²) in [6, 6.07) is 30.9. The maximum Gasteiger partial charge on any atom is 0.269 e. The molecule has 0 aliphatic carbocycles. The Morgan fingerprint density at radius 1 is 0.811 bits per heavy atom. The van der Waals surface area contributed by atoms with Gasteiger partial charge in [-0.05, 0) is 48.0 Å². The Morgan fingerprint density at radius 2 is 1.49 bits per heavy atom. The Hall–Kier alpha value is -5.24. The summed E-state index contributed by atoms with van der Waals surface area (Å²) in [6.07, 6.45) is 0. The number of hydrogen-bond donors (Lipinski definition) is 1. The lowest BCUT2D eigenvalue weighted by Crippen LogP contribution is -2.32. The first-order valence-corrected chi connectivity index (χ1v) is 11.8. The Kier molecular flexibility index (Phi) is 4.49. The Labute approximate surface area is 210 Å². The van der Waals surface area contributed by atoms with E-state index in [-0.39, 0.29) is 11.2 Å².